The molecule has 0 radical (unpaired) electrons. The van der Waals surface area contributed by atoms with E-state index in [-0.39, 0.29) is 48.9 Å². The van der Waals surface area contributed by atoms with Crippen LogP contribution in [0.3, 0.4) is 0 Å². The Kier molecular flexibility index (Phi) is 24.5. The van der Waals surface area contributed by atoms with Gasteiger partial charge in [0, 0.05) is 24.7 Å². The Bertz CT molecular complexity index is 657. The molecular formula is C28H51BrMgO6S. The molecule has 0 amide bonds. The fourth-order valence-corrected chi connectivity index (χ4v) is 4.37. The Balaban J connectivity index is 0. The number of hydrogen-bond donors (Lipinski definition) is 0. The molecular weight excluding hydrogens is 569 g/mol. The molecule has 0 aliphatic rings. The van der Waals surface area contributed by atoms with Gasteiger partial charge in [-0.25, -0.2) is 0 Å². The molecule has 0 saturated carbocycles. The minimum atomic E-state index is -0.0149. The zero-order chi connectivity index (χ0) is 26.6. The molecule has 0 N–H and O–H groups in total. The van der Waals surface area contributed by atoms with E-state index in [2.05, 4.69) is 62.9 Å². The van der Waals surface area contributed by atoms with Gasteiger partial charge in [0.25, 0.3) is 0 Å². The summed E-state index contributed by atoms with van der Waals surface area (Å²) < 4.78 is 37.2. The van der Waals surface area contributed by atoms with Crippen molar-refractivity contribution in [3.63, 3.8) is 0 Å². The normalized spacial score (nSPS) is 14.6. The van der Waals surface area contributed by atoms with Crippen molar-refractivity contribution in [1.29, 1.82) is 0 Å². The predicted octanol–water partition coefficient (Wildman–Crippen LogP) is 7.58. The summed E-state index contributed by atoms with van der Waals surface area (Å²) >= 11 is 5.02. The van der Waals surface area contributed by atoms with Crippen LogP contribution < -0.4 is 9.47 Å². The van der Waals surface area contributed by atoms with E-state index in [0.717, 1.165) is 68.4 Å². The minimum Gasteiger partial charge on any atom is -1.00 e. The van der Waals surface area contributed by atoms with Crippen LogP contribution in [0.4, 0.5) is 0 Å². The van der Waals surface area contributed by atoms with Crippen molar-refractivity contribution in [1.82, 2.24) is 0 Å². The predicted molar refractivity (Wildman–Crippen MR) is 159 cm³/mol. The van der Waals surface area contributed by atoms with E-state index in [1.807, 2.05) is 0 Å². The fraction of sp³-hybridized carbons (Fsp3) is 0.857. The standard InChI is InChI=1S/C28H50BrO6S.Mg.H/c1-7-13-15-30-22(9-3)17-32-24(11-5)19-34-26-21-36-28(29)27(26)35-20-25(12-6)33-18-23(10-4)31-16-14-8-2;;/h22-25H,7-20H2,1-6H3;;/q-1;+2;-1. The molecule has 6 nitrogen and oxygen atoms in total. The van der Waals surface area contributed by atoms with E-state index in [1.165, 1.54) is 11.3 Å². The van der Waals surface area contributed by atoms with Crippen LogP contribution in [-0.4, -0.2) is 87.1 Å². The molecule has 9 heteroatoms. The van der Waals surface area contributed by atoms with Gasteiger partial charge in [0.05, 0.1) is 44.2 Å². The molecule has 214 valence electrons. The second-order valence-corrected chi connectivity index (χ2v) is 11.1. The summed E-state index contributed by atoms with van der Waals surface area (Å²) in [7, 11) is 0. The zero-order valence-electron chi connectivity index (χ0n) is 25.2. The quantitative estimate of drug-likeness (QED) is 0.0676. The summed E-state index contributed by atoms with van der Waals surface area (Å²) in [6.45, 7) is 16.5. The zero-order valence-corrected chi connectivity index (χ0v) is 28.0. The van der Waals surface area contributed by atoms with Crippen LogP contribution in [0.25, 0.3) is 0 Å². The molecule has 37 heavy (non-hydrogen) atoms. The molecule has 0 aliphatic carbocycles. The third-order valence-electron chi connectivity index (χ3n) is 6.01. The van der Waals surface area contributed by atoms with Crippen LogP contribution in [-0.2, 0) is 18.9 Å². The van der Waals surface area contributed by atoms with Crippen molar-refractivity contribution in [3.8, 4) is 11.5 Å². The Morgan fingerprint density at radius 3 is 1.54 bits per heavy atom. The van der Waals surface area contributed by atoms with Crippen LogP contribution in [0.1, 0.15) is 94.3 Å². The fourth-order valence-electron chi connectivity index (χ4n) is 3.25. The molecule has 4 unspecified atom stereocenters. The Morgan fingerprint density at radius 2 is 1.11 bits per heavy atom. The summed E-state index contributed by atoms with van der Waals surface area (Å²) in [6, 6.07) is 0. The molecule has 1 rings (SSSR count). The van der Waals surface area contributed by atoms with E-state index in [0.29, 0.717) is 37.9 Å². The van der Waals surface area contributed by atoms with Crippen molar-refractivity contribution in [2.24, 2.45) is 0 Å². The van der Waals surface area contributed by atoms with Crippen LogP contribution in [0.15, 0.2) is 3.79 Å². The van der Waals surface area contributed by atoms with Crippen LogP contribution >= 0.6 is 27.3 Å². The molecule has 1 heterocycles. The Hall–Kier alpha value is 0.386. The van der Waals surface area contributed by atoms with Gasteiger partial charge >= 0.3 is 23.1 Å². The molecule has 0 aliphatic heterocycles. The van der Waals surface area contributed by atoms with E-state index in [9.17, 15) is 0 Å². The molecule has 0 bridgehead atoms. The Labute approximate surface area is 256 Å². The van der Waals surface area contributed by atoms with E-state index >= 15 is 0 Å². The summed E-state index contributed by atoms with van der Waals surface area (Å²) in [5.74, 6) is 1.29. The van der Waals surface area contributed by atoms with Crippen LogP contribution in [0.2, 0.25) is 0 Å². The van der Waals surface area contributed by atoms with Crippen molar-refractivity contribution in [2.75, 3.05) is 39.6 Å². The summed E-state index contributed by atoms with van der Waals surface area (Å²) in [6.07, 6.45) is 8.25. The topological polar surface area (TPSA) is 55.4 Å². The van der Waals surface area contributed by atoms with Gasteiger partial charge in [0.1, 0.15) is 6.61 Å². The summed E-state index contributed by atoms with van der Waals surface area (Å²) in [5, 5.41) is 3.20. The van der Waals surface area contributed by atoms with E-state index < -0.39 is 0 Å². The largest absolute Gasteiger partial charge is 2.00 e. The molecule has 1 aromatic heterocycles. The average molecular weight is 620 g/mol. The van der Waals surface area contributed by atoms with Crippen molar-refractivity contribution >= 4 is 50.3 Å². The molecule has 4 atom stereocenters. The van der Waals surface area contributed by atoms with Gasteiger partial charge in [-0.1, -0.05) is 59.8 Å². The number of ether oxygens (including phenoxy) is 6. The third kappa shape index (κ3) is 16.3. The van der Waals surface area contributed by atoms with Crippen LogP contribution in [0.5, 0.6) is 11.5 Å². The molecule has 0 aromatic carbocycles. The van der Waals surface area contributed by atoms with Gasteiger partial charge in [0.2, 0.25) is 0 Å². The summed E-state index contributed by atoms with van der Waals surface area (Å²) in [4.78, 5) is 0. The first-order chi connectivity index (χ1) is 17.5. The SMILES string of the molecule is CCCCOC(CC)COC(CC)COc1[c-]sc(Br)c1OCC(CC)OCC(CC)OCCCC.[H-].[Mg+2]. The Morgan fingerprint density at radius 1 is 0.676 bits per heavy atom. The smallest absolute Gasteiger partial charge is 1.00 e. The average Bonchev–Trinajstić information content (AvgIpc) is 3.25. The van der Waals surface area contributed by atoms with Gasteiger partial charge in [-0.05, 0) is 42.3 Å². The minimum absolute atomic E-state index is 0. The second kappa shape index (κ2) is 24.2. The number of thiophene rings is 1. The van der Waals surface area contributed by atoms with Gasteiger partial charge in [-0.2, -0.15) is 0 Å². The molecule has 1 aromatic rings. The molecule has 0 spiro atoms. The number of hydrogen-bond acceptors (Lipinski definition) is 7. The number of rotatable bonds is 24. The van der Waals surface area contributed by atoms with Gasteiger partial charge in [0.15, 0.2) is 0 Å². The van der Waals surface area contributed by atoms with Crippen molar-refractivity contribution < 1.29 is 29.8 Å². The van der Waals surface area contributed by atoms with E-state index in [1.54, 1.807) is 0 Å². The number of unbranched alkanes of at least 4 members (excludes halogenated alkanes) is 2. The molecule has 0 fully saturated rings. The first kappa shape index (κ1) is 37.4. The second-order valence-electron chi connectivity index (χ2n) is 8.99. The van der Waals surface area contributed by atoms with Crippen molar-refractivity contribution in [3.05, 3.63) is 9.17 Å². The first-order valence-electron chi connectivity index (χ1n) is 13.9. The maximum Gasteiger partial charge on any atom is 2.00 e. The summed E-state index contributed by atoms with van der Waals surface area (Å²) in [5.41, 5.74) is 0. The van der Waals surface area contributed by atoms with Crippen molar-refractivity contribution in [2.45, 2.75) is 117 Å². The first-order valence-corrected chi connectivity index (χ1v) is 15.5. The monoisotopic (exact) mass is 618 g/mol. The van der Waals surface area contributed by atoms with Crippen LogP contribution in [0, 0.1) is 5.38 Å². The number of halogens is 1. The van der Waals surface area contributed by atoms with Gasteiger partial charge < -0.3 is 29.8 Å². The van der Waals surface area contributed by atoms with E-state index in [4.69, 9.17) is 28.4 Å². The van der Waals surface area contributed by atoms with Gasteiger partial charge in [-0.15, -0.1) is 15.9 Å². The van der Waals surface area contributed by atoms with Gasteiger partial charge in [-0.3, -0.25) is 11.3 Å². The third-order valence-corrected chi connectivity index (χ3v) is 7.50. The maximum absolute atomic E-state index is 6.14. The molecule has 0 saturated heterocycles. The maximum atomic E-state index is 6.14.